The summed E-state index contributed by atoms with van der Waals surface area (Å²) in [6.45, 7) is 7.65. The summed E-state index contributed by atoms with van der Waals surface area (Å²) in [5.74, 6) is 1.64. The molecule has 1 unspecified atom stereocenters. The van der Waals surface area contributed by atoms with Gasteiger partial charge in [0.1, 0.15) is 5.76 Å². The Morgan fingerprint density at radius 2 is 2.25 bits per heavy atom. The van der Waals surface area contributed by atoms with E-state index in [1.54, 1.807) is 6.26 Å². The Hall–Kier alpha value is -1.49. The predicted molar refractivity (Wildman–Crippen MR) is 76.3 cm³/mol. The van der Waals surface area contributed by atoms with Crippen molar-refractivity contribution in [1.29, 1.82) is 0 Å². The van der Waals surface area contributed by atoms with Crippen LogP contribution < -0.4 is 10.6 Å². The van der Waals surface area contributed by atoms with E-state index in [4.69, 9.17) is 9.15 Å². The third kappa shape index (κ3) is 3.76. The first kappa shape index (κ1) is 14.9. The quantitative estimate of drug-likeness (QED) is 0.871. The van der Waals surface area contributed by atoms with Gasteiger partial charge in [-0.1, -0.05) is 13.8 Å². The summed E-state index contributed by atoms with van der Waals surface area (Å²) in [7, 11) is 0. The molecule has 2 N–H and O–H groups in total. The summed E-state index contributed by atoms with van der Waals surface area (Å²) in [6.07, 6.45) is 2.86. The highest BCUT2D eigenvalue weighted by Crippen LogP contribution is 2.26. The Kier molecular flexibility index (Phi) is 5.06. The lowest BCUT2D eigenvalue weighted by Crippen LogP contribution is -2.41. The predicted octanol–water partition coefficient (Wildman–Crippen LogP) is 2.70. The maximum Gasteiger partial charge on any atom is 0.315 e. The van der Waals surface area contributed by atoms with Crippen LogP contribution in [0.5, 0.6) is 0 Å². The first-order chi connectivity index (χ1) is 9.58. The van der Waals surface area contributed by atoms with Gasteiger partial charge in [-0.05, 0) is 31.4 Å². The fourth-order valence-corrected chi connectivity index (χ4v) is 2.69. The lowest BCUT2D eigenvalue weighted by Gasteiger charge is -2.22. The molecule has 0 radical (unpaired) electrons. The Balaban J connectivity index is 1.75. The Morgan fingerprint density at radius 3 is 2.90 bits per heavy atom. The molecule has 2 rings (SSSR count). The van der Waals surface area contributed by atoms with E-state index < -0.39 is 0 Å². The van der Waals surface area contributed by atoms with Crippen LogP contribution in [0.4, 0.5) is 4.79 Å². The van der Waals surface area contributed by atoms with Crippen LogP contribution in [0.3, 0.4) is 0 Å². The average molecular weight is 280 g/mol. The lowest BCUT2D eigenvalue weighted by atomic mass is 9.93. The zero-order valence-corrected chi connectivity index (χ0v) is 12.4. The molecule has 112 valence electrons. The minimum atomic E-state index is -0.164. The van der Waals surface area contributed by atoms with Crippen molar-refractivity contribution in [2.45, 2.75) is 39.3 Å². The zero-order valence-electron chi connectivity index (χ0n) is 12.4. The summed E-state index contributed by atoms with van der Waals surface area (Å²) >= 11 is 0. The van der Waals surface area contributed by atoms with Gasteiger partial charge in [-0.3, -0.25) is 0 Å². The normalized spacial score (nSPS) is 23.8. The molecule has 2 heterocycles. The molecule has 1 aromatic rings. The van der Waals surface area contributed by atoms with Crippen molar-refractivity contribution in [3.63, 3.8) is 0 Å². The Labute approximate surface area is 120 Å². The fourth-order valence-electron chi connectivity index (χ4n) is 2.69. The Bertz CT molecular complexity index is 417. The highest BCUT2D eigenvalue weighted by atomic mass is 16.5. The minimum Gasteiger partial charge on any atom is -0.467 e. The van der Waals surface area contributed by atoms with Gasteiger partial charge in [0, 0.05) is 19.1 Å². The van der Waals surface area contributed by atoms with E-state index in [0.717, 1.165) is 18.8 Å². The van der Waals surface area contributed by atoms with Gasteiger partial charge in [-0.2, -0.15) is 0 Å². The molecule has 0 spiro atoms. The first-order valence-electron chi connectivity index (χ1n) is 7.27. The molecule has 0 bridgehead atoms. The summed E-state index contributed by atoms with van der Waals surface area (Å²) in [6, 6.07) is 3.37. The van der Waals surface area contributed by atoms with Gasteiger partial charge >= 0.3 is 6.03 Å². The number of amides is 2. The number of rotatable bonds is 5. The molecule has 1 aliphatic heterocycles. The average Bonchev–Trinajstić information content (AvgIpc) is 3.07. The molecule has 1 saturated heterocycles. The van der Waals surface area contributed by atoms with Crippen LogP contribution in [0.25, 0.3) is 0 Å². The number of ether oxygens (including phenoxy) is 1. The third-order valence-electron chi connectivity index (χ3n) is 3.76. The van der Waals surface area contributed by atoms with Crippen LogP contribution in [0.1, 0.15) is 39.0 Å². The smallest absolute Gasteiger partial charge is 0.315 e. The van der Waals surface area contributed by atoms with Gasteiger partial charge in [-0.25, -0.2) is 4.79 Å². The summed E-state index contributed by atoms with van der Waals surface area (Å²) < 4.78 is 11.0. The van der Waals surface area contributed by atoms with Crippen molar-refractivity contribution in [2.75, 3.05) is 13.2 Å². The van der Waals surface area contributed by atoms with Crippen molar-refractivity contribution >= 4 is 6.03 Å². The van der Waals surface area contributed by atoms with E-state index in [2.05, 4.69) is 24.5 Å². The van der Waals surface area contributed by atoms with Crippen LogP contribution in [-0.4, -0.2) is 25.3 Å². The molecule has 0 aliphatic carbocycles. The van der Waals surface area contributed by atoms with Crippen LogP contribution in [0, 0.1) is 11.8 Å². The SMILES string of the molecule is CC(NC(=O)NC[C@H]1CCO[C@@H]1C(C)C)c1ccco1. The third-order valence-corrected chi connectivity index (χ3v) is 3.76. The van der Waals surface area contributed by atoms with E-state index in [1.165, 1.54) is 0 Å². The van der Waals surface area contributed by atoms with Gasteiger partial charge < -0.3 is 19.8 Å². The number of carbonyl (C=O) groups excluding carboxylic acids is 1. The van der Waals surface area contributed by atoms with Gasteiger partial charge in [0.2, 0.25) is 0 Å². The monoisotopic (exact) mass is 280 g/mol. The van der Waals surface area contributed by atoms with Gasteiger partial charge in [0.15, 0.2) is 0 Å². The highest BCUT2D eigenvalue weighted by Gasteiger charge is 2.30. The molecule has 20 heavy (non-hydrogen) atoms. The lowest BCUT2D eigenvalue weighted by molar-refractivity contribution is 0.0545. The number of urea groups is 1. The number of nitrogens with one attached hydrogen (secondary N) is 2. The van der Waals surface area contributed by atoms with Crippen LogP contribution in [0.2, 0.25) is 0 Å². The zero-order chi connectivity index (χ0) is 14.5. The molecule has 5 nitrogen and oxygen atoms in total. The van der Waals surface area contributed by atoms with Gasteiger partial charge in [0.05, 0.1) is 18.4 Å². The number of hydrogen-bond acceptors (Lipinski definition) is 3. The van der Waals surface area contributed by atoms with E-state index >= 15 is 0 Å². The minimum absolute atomic E-state index is 0.134. The van der Waals surface area contributed by atoms with E-state index in [9.17, 15) is 4.79 Å². The summed E-state index contributed by atoms with van der Waals surface area (Å²) in [5, 5.41) is 5.80. The summed E-state index contributed by atoms with van der Waals surface area (Å²) in [4.78, 5) is 11.9. The number of hydrogen-bond donors (Lipinski definition) is 2. The molecule has 1 fully saturated rings. The molecule has 2 amide bonds. The van der Waals surface area contributed by atoms with Crippen LogP contribution >= 0.6 is 0 Å². The largest absolute Gasteiger partial charge is 0.467 e. The molecular formula is C15H24N2O3. The maximum atomic E-state index is 11.9. The second-order valence-electron chi connectivity index (χ2n) is 5.72. The highest BCUT2D eigenvalue weighted by molar-refractivity contribution is 5.74. The number of carbonyl (C=O) groups is 1. The second-order valence-corrected chi connectivity index (χ2v) is 5.72. The Morgan fingerprint density at radius 1 is 1.45 bits per heavy atom. The maximum absolute atomic E-state index is 11.9. The van der Waals surface area contributed by atoms with Crippen molar-refractivity contribution in [2.24, 2.45) is 11.8 Å². The van der Waals surface area contributed by atoms with Crippen molar-refractivity contribution < 1.29 is 13.9 Å². The first-order valence-corrected chi connectivity index (χ1v) is 7.27. The molecule has 0 aromatic carbocycles. The topological polar surface area (TPSA) is 63.5 Å². The molecule has 5 heteroatoms. The molecular weight excluding hydrogens is 256 g/mol. The molecule has 3 atom stereocenters. The van der Waals surface area contributed by atoms with Gasteiger partial charge in [0.25, 0.3) is 0 Å². The van der Waals surface area contributed by atoms with Crippen molar-refractivity contribution in [3.8, 4) is 0 Å². The standard InChI is InChI=1S/C15H24N2O3/c1-10(2)14-12(6-8-20-14)9-16-15(18)17-11(3)13-5-4-7-19-13/h4-5,7,10-12,14H,6,8-9H2,1-3H3,(H2,16,17,18)/t11?,12-,14-/m1/s1. The van der Waals surface area contributed by atoms with E-state index in [-0.39, 0.29) is 18.2 Å². The van der Waals surface area contributed by atoms with Crippen LogP contribution in [-0.2, 0) is 4.74 Å². The van der Waals surface area contributed by atoms with E-state index in [0.29, 0.717) is 18.4 Å². The molecule has 1 aromatic heterocycles. The molecule has 1 aliphatic rings. The number of furan rings is 1. The van der Waals surface area contributed by atoms with Gasteiger partial charge in [-0.15, -0.1) is 0 Å². The van der Waals surface area contributed by atoms with Crippen LogP contribution in [0.15, 0.2) is 22.8 Å². The second kappa shape index (κ2) is 6.79. The van der Waals surface area contributed by atoms with E-state index in [1.807, 2.05) is 19.1 Å². The van der Waals surface area contributed by atoms with Crippen molar-refractivity contribution in [1.82, 2.24) is 10.6 Å². The van der Waals surface area contributed by atoms with Crippen molar-refractivity contribution in [3.05, 3.63) is 24.2 Å². The fraction of sp³-hybridized carbons (Fsp3) is 0.667. The molecule has 0 saturated carbocycles. The summed E-state index contributed by atoms with van der Waals surface area (Å²) in [5.41, 5.74) is 0.